The number of likely N-dealkylation sites (N-methyl/N-ethyl adjacent to an activating group) is 1. The Kier molecular flexibility index (Phi) is 7.04. The Morgan fingerprint density at radius 3 is 2.43 bits per heavy atom. The molecule has 0 radical (unpaired) electrons. The lowest BCUT2D eigenvalue weighted by atomic mass is 10.1. The van der Waals surface area contributed by atoms with Crippen LogP contribution < -0.4 is 5.84 Å². The van der Waals surface area contributed by atoms with Crippen molar-refractivity contribution in [3.63, 3.8) is 0 Å². The molecule has 0 aliphatic heterocycles. The summed E-state index contributed by atoms with van der Waals surface area (Å²) >= 11 is 0. The number of aliphatic hydroxyl groups excluding tert-OH is 2. The summed E-state index contributed by atoms with van der Waals surface area (Å²) in [7, 11) is 1.96. The zero-order valence-corrected chi connectivity index (χ0v) is 9.35. The second-order valence-electron chi connectivity index (χ2n) is 3.60. The summed E-state index contributed by atoms with van der Waals surface area (Å²) in [5.41, 5.74) is 0. The van der Waals surface area contributed by atoms with E-state index in [2.05, 4.69) is 4.90 Å². The van der Waals surface area contributed by atoms with Crippen molar-refractivity contribution in [1.82, 2.24) is 9.91 Å². The Hall–Kier alpha value is -0.200. The van der Waals surface area contributed by atoms with Crippen LogP contribution in [0.15, 0.2) is 0 Å². The van der Waals surface area contributed by atoms with Crippen LogP contribution in [0, 0.1) is 0 Å². The molecule has 4 N–H and O–H groups in total. The normalized spacial score (nSPS) is 16.3. The third kappa shape index (κ3) is 4.88. The van der Waals surface area contributed by atoms with E-state index >= 15 is 0 Å². The van der Waals surface area contributed by atoms with Gasteiger partial charge in [-0.25, -0.2) is 5.01 Å². The molecule has 0 bridgehead atoms. The van der Waals surface area contributed by atoms with Crippen LogP contribution >= 0.6 is 0 Å². The Labute approximate surface area is 86.1 Å². The van der Waals surface area contributed by atoms with E-state index in [4.69, 9.17) is 10.9 Å². The van der Waals surface area contributed by atoms with Crippen LogP contribution in [0.5, 0.6) is 0 Å². The maximum absolute atomic E-state index is 9.77. The van der Waals surface area contributed by atoms with Crippen LogP contribution in [0.3, 0.4) is 0 Å². The molecule has 0 aromatic rings. The Bertz CT molecular complexity index is 146. The van der Waals surface area contributed by atoms with Gasteiger partial charge in [0.25, 0.3) is 0 Å². The highest BCUT2D eigenvalue weighted by molar-refractivity contribution is 4.73. The average Bonchev–Trinajstić information content (AvgIpc) is 2.15. The van der Waals surface area contributed by atoms with E-state index in [0.717, 1.165) is 6.54 Å². The number of hydrazine groups is 1. The van der Waals surface area contributed by atoms with Crippen molar-refractivity contribution in [1.29, 1.82) is 0 Å². The molecule has 0 fully saturated rings. The molecular formula is C9H23N3O2. The maximum Gasteiger partial charge on any atom is 0.0833 e. The van der Waals surface area contributed by atoms with E-state index in [1.54, 1.807) is 0 Å². The lowest BCUT2D eigenvalue weighted by molar-refractivity contribution is 0.0386. The first-order chi connectivity index (χ1) is 6.52. The highest BCUT2D eigenvalue weighted by atomic mass is 16.3. The number of nitrogens with two attached hydrogens (primary N) is 1. The Balaban J connectivity index is 3.87. The molecule has 5 heteroatoms. The number of hydrogen-bond acceptors (Lipinski definition) is 5. The van der Waals surface area contributed by atoms with Gasteiger partial charge in [0.15, 0.2) is 0 Å². The lowest BCUT2D eigenvalue weighted by Gasteiger charge is -2.30. The Morgan fingerprint density at radius 2 is 2.00 bits per heavy atom. The molecule has 0 saturated heterocycles. The van der Waals surface area contributed by atoms with Gasteiger partial charge >= 0.3 is 0 Å². The summed E-state index contributed by atoms with van der Waals surface area (Å²) in [5, 5.41) is 19.8. The van der Waals surface area contributed by atoms with E-state index in [1.165, 1.54) is 5.01 Å². The van der Waals surface area contributed by atoms with Crippen molar-refractivity contribution in [3.05, 3.63) is 0 Å². The fraction of sp³-hybridized carbons (Fsp3) is 1.00. The molecule has 86 valence electrons. The molecular weight excluding hydrogens is 182 g/mol. The van der Waals surface area contributed by atoms with Crippen molar-refractivity contribution in [2.45, 2.75) is 26.0 Å². The molecule has 0 rings (SSSR count). The first kappa shape index (κ1) is 13.8. The van der Waals surface area contributed by atoms with E-state index < -0.39 is 6.10 Å². The zero-order chi connectivity index (χ0) is 11.1. The van der Waals surface area contributed by atoms with Crippen molar-refractivity contribution < 1.29 is 10.2 Å². The van der Waals surface area contributed by atoms with Crippen LogP contribution in [0.25, 0.3) is 0 Å². The largest absolute Gasteiger partial charge is 0.395 e. The lowest BCUT2D eigenvalue weighted by Crippen LogP contribution is -2.48. The van der Waals surface area contributed by atoms with E-state index in [9.17, 15) is 5.11 Å². The maximum atomic E-state index is 9.77. The number of nitrogens with zero attached hydrogens (tertiary/aromatic N) is 2. The molecule has 0 amide bonds. The molecule has 0 aliphatic carbocycles. The van der Waals surface area contributed by atoms with Gasteiger partial charge in [0.05, 0.1) is 12.7 Å². The van der Waals surface area contributed by atoms with Gasteiger partial charge in [-0.15, -0.1) is 0 Å². The summed E-state index contributed by atoms with van der Waals surface area (Å²) in [5.74, 6) is 5.56. The first-order valence-corrected chi connectivity index (χ1v) is 5.01. The van der Waals surface area contributed by atoms with Crippen LogP contribution in [0.4, 0.5) is 0 Å². The fourth-order valence-electron chi connectivity index (χ4n) is 1.19. The molecule has 0 aromatic heterocycles. The van der Waals surface area contributed by atoms with E-state index in [-0.39, 0.29) is 12.6 Å². The van der Waals surface area contributed by atoms with Crippen molar-refractivity contribution in [2.75, 3.05) is 33.3 Å². The molecule has 0 heterocycles. The molecule has 0 aromatic carbocycles. The molecule has 2 unspecified atom stereocenters. The van der Waals surface area contributed by atoms with E-state index in [1.807, 2.05) is 20.9 Å². The fourth-order valence-corrected chi connectivity index (χ4v) is 1.19. The van der Waals surface area contributed by atoms with Gasteiger partial charge in [0, 0.05) is 19.1 Å². The van der Waals surface area contributed by atoms with Gasteiger partial charge in [-0.1, -0.05) is 6.92 Å². The summed E-state index contributed by atoms with van der Waals surface area (Å²) in [6, 6.07) is 0.0738. The predicted octanol–water partition coefficient (Wildman–Crippen LogP) is -1.14. The standard InChI is InChI=1S/C9H23N3O2/c1-4-11(3)8(2)9(14)7-12(10)5-6-13/h8-9,13-14H,4-7,10H2,1-3H3. The topological polar surface area (TPSA) is 73.0 Å². The van der Waals surface area contributed by atoms with Crippen LogP contribution in [0.1, 0.15) is 13.8 Å². The quantitative estimate of drug-likeness (QED) is 0.362. The number of hydrogen-bond donors (Lipinski definition) is 3. The number of rotatable bonds is 7. The highest BCUT2D eigenvalue weighted by Crippen LogP contribution is 2.02. The van der Waals surface area contributed by atoms with Crippen LogP contribution in [-0.4, -0.2) is 65.6 Å². The zero-order valence-electron chi connectivity index (χ0n) is 9.35. The third-order valence-corrected chi connectivity index (χ3v) is 2.56. The Morgan fingerprint density at radius 1 is 1.43 bits per heavy atom. The third-order valence-electron chi connectivity index (χ3n) is 2.56. The molecule has 0 saturated carbocycles. The van der Waals surface area contributed by atoms with Gasteiger partial charge in [0.1, 0.15) is 0 Å². The molecule has 5 nitrogen and oxygen atoms in total. The second kappa shape index (κ2) is 7.14. The first-order valence-electron chi connectivity index (χ1n) is 5.01. The van der Waals surface area contributed by atoms with Crippen LogP contribution in [-0.2, 0) is 0 Å². The molecule has 2 atom stereocenters. The van der Waals surface area contributed by atoms with Gasteiger partial charge < -0.3 is 15.1 Å². The number of aliphatic hydroxyl groups is 2. The van der Waals surface area contributed by atoms with Crippen molar-refractivity contribution in [2.24, 2.45) is 5.84 Å². The minimum Gasteiger partial charge on any atom is -0.395 e. The summed E-state index contributed by atoms with van der Waals surface area (Å²) in [6.07, 6.45) is -0.489. The minimum absolute atomic E-state index is 0.0151. The van der Waals surface area contributed by atoms with Gasteiger partial charge in [-0.05, 0) is 20.5 Å². The van der Waals surface area contributed by atoms with Gasteiger partial charge in [-0.2, -0.15) is 0 Å². The molecule has 14 heavy (non-hydrogen) atoms. The van der Waals surface area contributed by atoms with Crippen molar-refractivity contribution >= 4 is 0 Å². The monoisotopic (exact) mass is 205 g/mol. The highest BCUT2D eigenvalue weighted by Gasteiger charge is 2.19. The van der Waals surface area contributed by atoms with Crippen LogP contribution in [0.2, 0.25) is 0 Å². The smallest absolute Gasteiger partial charge is 0.0833 e. The molecule has 0 aliphatic rings. The summed E-state index contributed by atoms with van der Waals surface area (Å²) in [4.78, 5) is 2.05. The molecule has 0 spiro atoms. The van der Waals surface area contributed by atoms with Crippen molar-refractivity contribution in [3.8, 4) is 0 Å². The van der Waals surface area contributed by atoms with E-state index in [0.29, 0.717) is 13.1 Å². The summed E-state index contributed by atoms with van der Waals surface area (Å²) in [6.45, 7) is 5.67. The SMILES string of the molecule is CCN(C)C(C)C(O)CN(N)CCO. The minimum atomic E-state index is -0.489. The van der Waals surface area contributed by atoms with Gasteiger partial charge in [-0.3, -0.25) is 5.84 Å². The van der Waals surface area contributed by atoms with Gasteiger partial charge in [0.2, 0.25) is 0 Å². The average molecular weight is 205 g/mol. The summed E-state index contributed by atoms with van der Waals surface area (Å²) < 4.78 is 0. The predicted molar refractivity (Wildman–Crippen MR) is 56.6 cm³/mol. The second-order valence-corrected chi connectivity index (χ2v) is 3.60.